The third-order valence-electron chi connectivity index (χ3n) is 2.62. The van der Waals surface area contributed by atoms with Gasteiger partial charge in [-0.15, -0.1) is 23.7 Å². The first kappa shape index (κ1) is 19.1. The van der Waals surface area contributed by atoms with Crippen LogP contribution in [0.2, 0.25) is 0 Å². The van der Waals surface area contributed by atoms with Crippen LogP contribution >= 0.6 is 23.7 Å². The van der Waals surface area contributed by atoms with Gasteiger partial charge in [-0.2, -0.15) is 13.2 Å². The van der Waals surface area contributed by atoms with Gasteiger partial charge in [0.1, 0.15) is 11.4 Å². The Morgan fingerprint density at radius 2 is 2.13 bits per heavy atom. The van der Waals surface area contributed by atoms with Gasteiger partial charge in [0.25, 0.3) is 11.5 Å². The molecule has 11 heteroatoms. The van der Waals surface area contributed by atoms with Gasteiger partial charge < -0.3 is 16.0 Å². The Kier molecular flexibility index (Phi) is 6.30. The molecule has 0 aliphatic rings. The van der Waals surface area contributed by atoms with Crippen molar-refractivity contribution in [2.75, 3.05) is 11.9 Å². The molecule has 0 aromatic carbocycles. The highest BCUT2D eigenvalue weighted by Gasteiger charge is 2.31. The minimum Gasteiger partial charge on any atom is -0.330 e. The number of hydrogen-bond acceptors (Lipinski definition) is 5. The van der Waals surface area contributed by atoms with Crippen LogP contribution in [0, 0.1) is 0 Å². The van der Waals surface area contributed by atoms with Crippen molar-refractivity contribution in [1.29, 1.82) is 0 Å². The van der Waals surface area contributed by atoms with Crippen LogP contribution in [-0.4, -0.2) is 22.4 Å². The molecular weight excluding hydrogens is 357 g/mol. The number of hydrogen-bond donors (Lipinski definition) is 3. The molecule has 0 radical (unpaired) electrons. The molecule has 2 rings (SSSR count). The van der Waals surface area contributed by atoms with Gasteiger partial charge >= 0.3 is 6.18 Å². The smallest absolute Gasteiger partial charge is 0.330 e. The van der Waals surface area contributed by atoms with Crippen LogP contribution in [0.25, 0.3) is 0 Å². The van der Waals surface area contributed by atoms with Crippen molar-refractivity contribution in [3.05, 3.63) is 44.3 Å². The molecule has 4 N–H and O–H groups in total. The average Bonchev–Trinajstić information content (AvgIpc) is 2.89. The fourth-order valence-corrected chi connectivity index (χ4v) is 2.37. The van der Waals surface area contributed by atoms with E-state index in [4.69, 9.17) is 5.73 Å². The highest BCUT2D eigenvalue weighted by Crippen LogP contribution is 2.29. The molecule has 126 valence electrons. The molecule has 0 atom stereocenters. The van der Waals surface area contributed by atoms with Gasteiger partial charge in [-0.05, 0) is 12.6 Å². The van der Waals surface area contributed by atoms with Gasteiger partial charge in [0, 0.05) is 18.0 Å². The number of halogens is 4. The third-order valence-corrected chi connectivity index (χ3v) is 3.53. The topological polar surface area (TPSA) is 101 Å². The molecule has 0 bridgehead atoms. The summed E-state index contributed by atoms with van der Waals surface area (Å²) in [6.45, 7) is 0.363. The Morgan fingerprint density at radius 3 is 2.74 bits per heavy atom. The van der Waals surface area contributed by atoms with E-state index in [-0.39, 0.29) is 18.1 Å². The van der Waals surface area contributed by atoms with Crippen molar-refractivity contribution in [3.63, 3.8) is 0 Å². The van der Waals surface area contributed by atoms with Crippen LogP contribution in [-0.2, 0) is 12.6 Å². The van der Waals surface area contributed by atoms with Gasteiger partial charge in [-0.1, -0.05) is 0 Å². The van der Waals surface area contributed by atoms with Gasteiger partial charge in [0.05, 0.1) is 10.6 Å². The van der Waals surface area contributed by atoms with Crippen LogP contribution < -0.4 is 16.6 Å². The number of anilines is 1. The molecule has 2 aromatic heterocycles. The number of nitrogens with two attached hydrogens (primary N) is 1. The summed E-state index contributed by atoms with van der Waals surface area (Å²) in [5.74, 6) is -0.760. The van der Waals surface area contributed by atoms with Crippen molar-refractivity contribution in [1.82, 2.24) is 9.97 Å². The highest BCUT2D eigenvalue weighted by molar-refractivity contribution is 7.09. The SMILES string of the molecule is Cl.NCCc1nc(C(=O)Nc2cc(C(F)(F)F)c[nH]c2=O)cs1. The van der Waals surface area contributed by atoms with E-state index in [2.05, 4.69) is 10.3 Å². The first-order chi connectivity index (χ1) is 10.3. The summed E-state index contributed by atoms with van der Waals surface area (Å²) >= 11 is 1.21. The van der Waals surface area contributed by atoms with E-state index in [0.29, 0.717) is 30.2 Å². The maximum atomic E-state index is 12.6. The lowest BCUT2D eigenvalue weighted by molar-refractivity contribution is -0.137. The van der Waals surface area contributed by atoms with Gasteiger partial charge in [0.15, 0.2) is 0 Å². The molecule has 1 amide bonds. The number of H-pyrrole nitrogens is 1. The largest absolute Gasteiger partial charge is 0.417 e. The second kappa shape index (κ2) is 7.57. The number of nitrogens with zero attached hydrogens (tertiary/aromatic N) is 1. The normalized spacial score (nSPS) is 11.0. The predicted molar refractivity (Wildman–Crippen MR) is 82.1 cm³/mol. The lowest BCUT2D eigenvalue weighted by Gasteiger charge is -2.08. The minimum absolute atomic E-state index is 0. The van der Waals surface area contributed by atoms with Gasteiger partial charge in [-0.3, -0.25) is 9.59 Å². The molecule has 2 heterocycles. The number of carbonyl (C=O) groups is 1. The van der Waals surface area contributed by atoms with Crippen LogP contribution in [0.5, 0.6) is 0 Å². The molecule has 0 aliphatic carbocycles. The molecule has 0 fully saturated rings. The summed E-state index contributed by atoms with van der Waals surface area (Å²) in [5, 5.41) is 4.20. The minimum atomic E-state index is -4.63. The number of rotatable bonds is 4. The molecule has 23 heavy (non-hydrogen) atoms. The van der Waals surface area contributed by atoms with Gasteiger partial charge in [0.2, 0.25) is 0 Å². The summed E-state index contributed by atoms with van der Waals surface area (Å²) < 4.78 is 37.8. The fourth-order valence-electron chi connectivity index (χ4n) is 1.58. The molecule has 0 aliphatic heterocycles. The number of amides is 1. The Bertz CT molecular complexity index is 744. The molecule has 0 unspecified atom stereocenters. The number of aromatic amines is 1. The van der Waals surface area contributed by atoms with E-state index in [9.17, 15) is 22.8 Å². The Morgan fingerprint density at radius 1 is 1.43 bits per heavy atom. The zero-order chi connectivity index (χ0) is 16.3. The van der Waals surface area contributed by atoms with E-state index in [1.54, 1.807) is 0 Å². The van der Waals surface area contributed by atoms with Crippen molar-refractivity contribution >= 4 is 35.3 Å². The number of carbonyl (C=O) groups excluding carboxylic acids is 1. The Hall–Kier alpha value is -1.91. The summed E-state index contributed by atoms with van der Waals surface area (Å²) in [6, 6.07) is 0.573. The van der Waals surface area contributed by atoms with E-state index >= 15 is 0 Å². The first-order valence-corrected chi connectivity index (χ1v) is 6.95. The summed E-state index contributed by atoms with van der Waals surface area (Å²) in [7, 11) is 0. The molecule has 0 saturated carbocycles. The molecular formula is C12H12ClF3N4O2S. The van der Waals surface area contributed by atoms with E-state index in [1.807, 2.05) is 4.98 Å². The van der Waals surface area contributed by atoms with Crippen molar-refractivity contribution < 1.29 is 18.0 Å². The van der Waals surface area contributed by atoms with Crippen LogP contribution in [0.3, 0.4) is 0 Å². The molecule has 2 aromatic rings. The molecule has 6 nitrogen and oxygen atoms in total. The van der Waals surface area contributed by atoms with Crippen LogP contribution in [0.4, 0.5) is 18.9 Å². The number of pyridine rings is 1. The van der Waals surface area contributed by atoms with Crippen molar-refractivity contribution in [2.45, 2.75) is 12.6 Å². The van der Waals surface area contributed by atoms with E-state index in [0.717, 1.165) is 0 Å². The summed E-state index contributed by atoms with van der Waals surface area (Å²) in [5.41, 5.74) is 2.99. The predicted octanol–water partition coefficient (Wildman–Crippen LogP) is 2.03. The summed E-state index contributed by atoms with van der Waals surface area (Å²) in [6.07, 6.45) is -3.60. The van der Waals surface area contributed by atoms with E-state index < -0.39 is 28.9 Å². The van der Waals surface area contributed by atoms with Gasteiger partial charge in [-0.25, -0.2) is 4.98 Å². The lowest BCUT2D eigenvalue weighted by Crippen LogP contribution is -2.21. The number of nitrogens with one attached hydrogen (secondary N) is 2. The number of alkyl halides is 3. The maximum Gasteiger partial charge on any atom is 0.417 e. The quantitative estimate of drug-likeness (QED) is 0.768. The summed E-state index contributed by atoms with van der Waals surface area (Å²) in [4.78, 5) is 29.3. The zero-order valence-corrected chi connectivity index (χ0v) is 13.1. The van der Waals surface area contributed by atoms with Crippen molar-refractivity contribution in [2.24, 2.45) is 5.73 Å². The standard InChI is InChI=1S/C12H11F3N4O2S.ClH/c13-12(14,15)6-3-7(10(20)17-4-6)19-11(21)8-5-22-9(18-8)1-2-16;/h3-5H,1-2,16H2,(H,17,20)(H,19,21);1H. The fraction of sp³-hybridized carbons (Fsp3) is 0.250. The average molecular weight is 369 g/mol. The first-order valence-electron chi connectivity index (χ1n) is 6.07. The second-order valence-corrected chi connectivity index (χ2v) is 5.19. The number of aromatic nitrogens is 2. The molecule has 0 spiro atoms. The number of thiazole rings is 1. The Labute approximate surface area is 138 Å². The molecule has 0 saturated heterocycles. The second-order valence-electron chi connectivity index (χ2n) is 4.25. The van der Waals surface area contributed by atoms with E-state index in [1.165, 1.54) is 16.7 Å². The monoisotopic (exact) mass is 368 g/mol. The van der Waals surface area contributed by atoms with Crippen LogP contribution in [0.15, 0.2) is 22.4 Å². The third kappa shape index (κ3) is 4.78. The zero-order valence-electron chi connectivity index (χ0n) is 11.4. The Balaban J connectivity index is 0.00000264. The van der Waals surface area contributed by atoms with Crippen LogP contribution in [0.1, 0.15) is 21.1 Å². The maximum absolute atomic E-state index is 12.6. The lowest BCUT2D eigenvalue weighted by atomic mass is 10.2. The highest BCUT2D eigenvalue weighted by atomic mass is 35.5. The van der Waals surface area contributed by atoms with Crippen molar-refractivity contribution in [3.8, 4) is 0 Å².